The number of piperidine rings is 1. The molecule has 17 heavy (non-hydrogen) atoms. The maximum absolute atomic E-state index is 11.9. The highest BCUT2D eigenvalue weighted by Crippen LogP contribution is 2.15. The quantitative estimate of drug-likeness (QED) is 0.787. The Labute approximate surface area is 101 Å². The van der Waals surface area contributed by atoms with Gasteiger partial charge in [0.25, 0.3) is 5.91 Å². The summed E-state index contributed by atoms with van der Waals surface area (Å²) in [5, 5.41) is 0. The molecule has 1 aromatic rings. The van der Waals surface area contributed by atoms with E-state index in [2.05, 4.69) is 16.9 Å². The van der Waals surface area contributed by atoms with Crippen molar-refractivity contribution < 1.29 is 9.53 Å². The van der Waals surface area contributed by atoms with Gasteiger partial charge in [-0.05, 0) is 24.8 Å². The Morgan fingerprint density at radius 3 is 3.00 bits per heavy atom. The van der Waals surface area contributed by atoms with Crippen LogP contribution < -0.4 is 4.74 Å². The summed E-state index contributed by atoms with van der Waals surface area (Å²) in [5.74, 6) is 0.602. The summed E-state index contributed by atoms with van der Waals surface area (Å²) in [4.78, 5) is 21.5. The lowest BCUT2D eigenvalue weighted by molar-refractivity contribution is -0.135. The van der Waals surface area contributed by atoms with Crippen molar-refractivity contribution in [3.8, 4) is 6.01 Å². The molecule has 5 heteroatoms. The second-order valence-corrected chi connectivity index (χ2v) is 4.41. The van der Waals surface area contributed by atoms with Crippen LogP contribution in [0.3, 0.4) is 0 Å². The fourth-order valence-electron chi connectivity index (χ4n) is 1.99. The Hall–Kier alpha value is -1.65. The van der Waals surface area contributed by atoms with Gasteiger partial charge in [0.15, 0.2) is 6.61 Å². The van der Waals surface area contributed by atoms with Crippen LogP contribution in [0.1, 0.15) is 19.8 Å². The van der Waals surface area contributed by atoms with Crippen LogP contribution in [0, 0.1) is 5.92 Å². The zero-order valence-electron chi connectivity index (χ0n) is 10.0. The first-order valence-corrected chi connectivity index (χ1v) is 5.93. The summed E-state index contributed by atoms with van der Waals surface area (Å²) < 4.78 is 5.24. The van der Waals surface area contributed by atoms with Crippen LogP contribution in [0.25, 0.3) is 0 Å². The van der Waals surface area contributed by atoms with E-state index in [1.807, 2.05) is 4.90 Å². The summed E-state index contributed by atoms with van der Waals surface area (Å²) in [7, 11) is 0. The van der Waals surface area contributed by atoms with Crippen molar-refractivity contribution in [1.82, 2.24) is 14.9 Å². The Balaban J connectivity index is 1.81. The monoisotopic (exact) mass is 235 g/mol. The average molecular weight is 235 g/mol. The number of ether oxygens (including phenoxy) is 1. The smallest absolute Gasteiger partial charge is 0.316 e. The number of likely N-dealkylation sites (tertiary alicyclic amines) is 1. The maximum atomic E-state index is 11.9. The molecule has 92 valence electrons. The molecule has 0 radical (unpaired) electrons. The minimum atomic E-state index is 0.0176. The molecule has 1 aromatic heterocycles. The molecule has 0 saturated carbocycles. The van der Waals surface area contributed by atoms with Crippen molar-refractivity contribution in [3.63, 3.8) is 0 Å². The van der Waals surface area contributed by atoms with E-state index in [-0.39, 0.29) is 18.5 Å². The topological polar surface area (TPSA) is 55.3 Å². The first kappa shape index (κ1) is 11.8. The normalized spacial score (nSPS) is 20.1. The number of aromatic nitrogens is 2. The molecule has 2 heterocycles. The maximum Gasteiger partial charge on any atom is 0.316 e. The number of rotatable bonds is 3. The molecule has 0 N–H and O–H groups in total. The summed E-state index contributed by atoms with van der Waals surface area (Å²) in [6, 6.07) is 1.96. The number of carbonyl (C=O) groups excluding carboxylic acids is 1. The lowest BCUT2D eigenvalue weighted by Crippen LogP contribution is -2.41. The molecule has 0 spiro atoms. The molecular formula is C12H17N3O2. The zero-order valence-corrected chi connectivity index (χ0v) is 10.0. The Morgan fingerprint density at radius 2 is 2.29 bits per heavy atom. The van der Waals surface area contributed by atoms with Crippen LogP contribution in [-0.4, -0.2) is 40.5 Å². The summed E-state index contributed by atoms with van der Waals surface area (Å²) in [5.41, 5.74) is 0. The van der Waals surface area contributed by atoms with Crippen LogP contribution in [0.2, 0.25) is 0 Å². The minimum Gasteiger partial charge on any atom is -0.453 e. The van der Waals surface area contributed by atoms with Gasteiger partial charge < -0.3 is 9.64 Å². The molecule has 1 saturated heterocycles. The van der Waals surface area contributed by atoms with Crippen molar-refractivity contribution in [1.29, 1.82) is 0 Å². The van der Waals surface area contributed by atoms with Crippen molar-refractivity contribution >= 4 is 5.91 Å². The second-order valence-electron chi connectivity index (χ2n) is 4.41. The molecule has 1 aliphatic rings. The third kappa shape index (κ3) is 3.41. The molecule has 1 fully saturated rings. The van der Waals surface area contributed by atoms with E-state index < -0.39 is 0 Å². The molecule has 1 aliphatic heterocycles. The number of hydrogen-bond donors (Lipinski definition) is 0. The van der Waals surface area contributed by atoms with Crippen molar-refractivity contribution in [2.45, 2.75) is 19.8 Å². The minimum absolute atomic E-state index is 0.0176. The van der Waals surface area contributed by atoms with E-state index in [1.54, 1.807) is 18.5 Å². The fourth-order valence-corrected chi connectivity index (χ4v) is 1.99. The van der Waals surface area contributed by atoms with Crippen LogP contribution in [0.4, 0.5) is 0 Å². The van der Waals surface area contributed by atoms with Gasteiger partial charge in [0.2, 0.25) is 0 Å². The average Bonchev–Trinajstić information content (AvgIpc) is 2.37. The third-order valence-electron chi connectivity index (χ3n) is 2.88. The lowest BCUT2D eigenvalue weighted by atomic mass is 10.0. The molecule has 2 rings (SSSR count). The standard InChI is InChI=1S/C12H17N3O2/c1-10-4-2-7-15(8-10)11(16)9-17-12-13-5-3-6-14-12/h3,5-6,10H,2,4,7-9H2,1H3/t10-/m1/s1. The molecule has 0 unspecified atom stereocenters. The third-order valence-corrected chi connectivity index (χ3v) is 2.88. The molecular weight excluding hydrogens is 218 g/mol. The highest BCUT2D eigenvalue weighted by atomic mass is 16.5. The van der Waals surface area contributed by atoms with E-state index in [0.29, 0.717) is 5.92 Å². The van der Waals surface area contributed by atoms with Crippen LogP contribution >= 0.6 is 0 Å². The Bertz CT molecular complexity index is 369. The van der Waals surface area contributed by atoms with E-state index in [0.717, 1.165) is 19.5 Å². The van der Waals surface area contributed by atoms with Gasteiger partial charge in [-0.1, -0.05) is 6.92 Å². The van der Waals surface area contributed by atoms with Gasteiger partial charge >= 0.3 is 6.01 Å². The molecule has 5 nitrogen and oxygen atoms in total. The van der Waals surface area contributed by atoms with E-state index in [9.17, 15) is 4.79 Å². The molecule has 1 atom stereocenters. The van der Waals surface area contributed by atoms with Gasteiger partial charge in [-0.2, -0.15) is 0 Å². The van der Waals surface area contributed by atoms with Crippen LogP contribution in [-0.2, 0) is 4.79 Å². The van der Waals surface area contributed by atoms with Crippen LogP contribution in [0.5, 0.6) is 6.01 Å². The van der Waals surface area contributed by atoms with Gasteiger partial charge in [-0.25, -0.2) is 9.97 Å². The van der Waals surface area contributed by atoms with Gasteiger partial charge in [-0.3, -0.25) is 4.79 Å². The van der Waals surface area contributed by atoms with Crippen LogP contribution in [0.15, 0.2) is 18.5 Å². The first-order chi connectivity index (χ1) is 8.25. The van der Waals surface area contributed by atoms with Crippen molar-refractivity contribution in [2.24, 2.45) is 5.92 Å². The van der Waals surface area contributed by atoms with Gasteiger partial charge in [0.05, 0.1) is 0 Å². The fraction of sp³-hybridized carbons (Fsp3) is 0.583. The zero-order chi connectivity index (χ0) is 12.1. The van der Waals surface area contributed by atoms with Gasteiger partial charge in [0, 0.05) is 25.5 Å². The number of carbonyl (C=O) groups is 1. The van der Waals surface area contributed by atoms with E-state index in [4.69, 9.17) is 4.74 Å². The molecule has 0 bridgehead atoms. The highest BCUT2D eigenvalue weighted by molar-refractivity contribution is 5.77. The van der Waals surface area contributed by atoms with E-state index in [1.165, 1.54) is 6.42 Å². The second kappa shape index (κ2) is 5.61. The lowest BCUT2D eigenvalue weighted by Gasteiger charge is -2.30. The predicted octanol–water partition coefficient (Wildman–Crippen LogP) is 1.11. The number of hydrogen-bond acceptors (Lipinski definition) is 4. The Morgan fingerprint density at radius 1 is 1.53 bits per heavy atom. The first-order valence-electron chi connectivity index (χ1n) is 5.93. The SMILES string of the molecule is C[C@@H]1CCCN(C(=O)COc2ncccn2)C1. The number of amides is 1. The van der Waals surface area contributed by atoms with Crippen molar-refractivity contribution in [2.75, 3.05) is 19.7 Å². The number of nitrogens with zero attached hydrogens (tertiary/aromatic N) is 3. The summed E-state index contributed by atoms with van der Waals surface area (Å²) in [6.45, 7) is 3.86. The molecule has 0 aromatic carbocycles. The predicted molar refractivity (Wildman–Crippen MR) is 62.5 cm³/mol. The molecule has 1 amide bonds. The summed E-state index contributed by atoms with van der Waals surface area (Å²) in [6.07, 6.45) is 5.47. The summed E-state index contributed by atoms with van der Waals surface area (Å²) >= 11 is 0. The van der Waals surface area contributed by atoms with E-state index >= 15 is 0 Å². The Kier molecular flexibility index (Phi) is 3.90. The highest BCUT2D eigenvalue weighted by Gasteiger charge is 2.21. The van der Waals surface area contributed by atoms with Crippen molar-refractivity contribution in [3.05, 3.63) is 18.5 Å². The largest absolute Gasteiger partial charge is 0.453 e. The van der Waals surface area contributed by atoms with Gasteiger partial charge in [0.1, 0.15) is 0 Å². The molecule has 0 aliphatic carbocycles. The van der Waals surface area contributed by atoms with Gasteiger partial charge in [-0.15, -0.1) is 0 Å².